The molecule has 114 valence electrons. The number of hydrogen-bond donors (Lipinski definition) is 0. The minimum atomic E-state index is -0.216. The number of benzene rings is 1. The predicted octanol–water partition coefficient (Wildman–Crippen LogP) is 2.46. The summed E-state index contributed by atoms with van der Waals surface area (Å²) in [6.45, 7) is 4.81. The fourth-order valence-electron chi connectivity index (χ4n) is 2.67. The van der Waals surface area contributed by atoms with Crippen LogP contribution in [0.1, 0.15) is 35.6 Å². The van der Waals surface area contributed by atoms with Gasteiger partial charge < -0.3 is 4.90 Å². The molecule has 22 heavy (non-hydrogen) atoms. The Morgan fingerprint density at radius 2 is 2.05 bits per heavy atom. The van der Waals surface area contributed by atoms with Gasteiger partial charge in [0.1, 0.15) is 11.6 Å². The molecule has 0 spiro atoms. The minimum absolute atomic E-state index is 0.0792. The van der Waals surface area contributed by atoms with Gasteiger partial charge in [-0.15, -0.1) is 0 Å². The van der Waals surface area contributed by atoms with E-state index in [1.807, 2.05) is 19.1 Å². The van der Waals surface area contributed by atoms with Gasteiger partial charge in [-0.2, -0.15) is 0 Å². The SMILES string of the molecule is CC(=O)N1CC(c2nc(C)cc(Cc3ccccc3F)n2)C1. The van der Waals surface area contributed by atoms with Gasteiger partial charge in [0.15, 0.2) is 0 Å². The highest BCUT2D eigenvalue weighted by Gasteiger charge is 2.32. The molecular weight excluding hydrogens is 281 g/mol. The van der Waals surface area contributed by atoms with Crippen LogP contribution < -0.4 is 0 Å². The third-order valence-corrected chi connectivity index (χ3v) is 3.95. The Labute approximate surface area is 129 Å². The van der Waals surface area contributed by atoms with E-state index in [2.05, 4.69) is 9.97 Å². The molecule has 0 bridgehead atoms. The number of amides is 1. The normalized spacial score (nSPS) is 14.8. The molecule has 0 saturated carbocycles. The van der Waals surface area contributed by atoms with E-state index >= 15 is 0 Å². The molecule has 0 unspecified atom stereocenters. The largest absolute Gasteiger partial charge is 0.341 e. The Kier molecular flexibility index (Phi) is 3.88. The van der Waals surface area contributed by atoms with Gasteiger partial charge in [0, 0.05) is 37.8 Å². The first-order valence-electron chi connectivity index (χ1n) is 7.36. The van der Waals surface area contributed by atoms with Crippen molar-refractivity contribution in [1.82, 2.24) is 14.9 Å². The van der Waals surface area contributed by atoms with Crippen LogP contribution in [0, 0.1) is 12.7 Å². The van der Waals surface area contributed by atoms with Gasteiger partial charge >= 0.3 is 0 Å². The highest BCUT2D eigenvalue weighted by molar-refractivity contribution is 5.74. The second-order valence-electron chi connectivity index (χ2n) is 5.75. The van der Waals surface area contributed by atoms with Crippen molar-refractivity contribution in [2.75, 3.05) is 13.1 Å². The van der Waals surface area contributed by atoms with Gasteiger partial charge in [-0.3, -0.25) is 4.79 Å². The molecule has 1 aliphatic rings. The molecule has 0 atom stereocenters. The van der Waals surface area contributed by atoms with Crippen LogP contribution in [0.2, 0.25) is 0 Å². The number of rotatable bonds is 3. The topological polar surface area (TPSA) is 46.1 Å². The standard InChI is InChI=1S/C17H18FN3O/c1-11-7-15(8-13-5-3-4-6-16(13)18)20-17(19-11)14-9-21(10-14)12(2)22/h3-7,14H,8-10H2,1-2H3. The summed E-state index contributed by atoms with van der Waals surface area (Å²) in [5.74, 6) is 0.800. The van der Waals surface area contributed by atoms with Gasteiger partial charge in [0.05, 0.1) is 5.92 Å². The monoisotopic (exact) mass is 299 g/mol. The molecule has 1 aromatic carbocycles. The van der Waals surface area contributed by atoms with Crippen LogP contribution >= 0.6 is 0 Å². The number of carbonyl (C=O) groups is 1. The number of aromatic nitrogens is 2. The zero-order valence-corrected chi connectivity index (χ0v) is 12.7. The first-order valence-corrected chi connectivity index (χ1v) is 7.36. The highest BCUT2D eigenvalue weighted by Crippen LogP contribution is 2.25. The van der Waals surface area contributed by atoms with Crippen molar-refractivity contribution in [3.63, 3.8) is 0 Å². The lowest BCUT2D eigenvalue weighted by atomic mass is 9.98. The highest BCUT2D eigenvalue weighted by atomic mass is 19.1. The molecule has 5 heteroatoms. The maximum atomic E-state index is 13.8. The fraction of sp³-hybridized carbons (Fsp3) is 0.353. The molecule has 1 fully saturated rings. The maximum absolute atomic E-state index is 13.8. The maximum Gasteiger partial charge on any atom is 0.219 e. The van der Waals surface area contributed by atoms with E-state index in [1.165, 1.54) is 6.07 Å². The van der Waals surface area contributed by atoms with E-state index in [-0.39, 0.29) is 17.6 Å². The van der Waals surface area contributed by atoms with Crippen LogP contribution in [-0.2, 0) is 11.2 Å². The first-order chi connectivity index (χ1) is 10.5. The Bertz CT molecular complexity index is 711. The summed E-state index contributed by atoms with van der Waals surface area (Å²) in [6.07, 6.45) is 0.451. The van der Waals surface area contributed by atoms with Crippen molar-refractivity contribution in [2.24, 2.45) is 0 Å². The van der Waals surface area contributed by atoms with Crippen LogP contribution in [0.15, 0.2) is 30.3 Å². The number of halogens is 1. The lowest BCUT2D eigenvalue weighted by molar-refractivity contribution is -0.133. The molecule has 0 N–H and O–H groups in total. The summed E-state index contributed by atoms with van der Waals surface area (Å²) in [7, 11) is 0. The van der Waals surface area contributed by atoms with E-state index < -0.39 is 0 Å². The van der Waals surface area contributed by atoms with Crippen molar-refractivity contribution in [1.29, 1.82) is 0 Å². The third kappa shape index (κ3) is 2.98. The second kappa shape index (κ2) is 5.83. The lowest BCUT2D eigenvalue weighted by Gasteiger charge is -2.37. The van der Waals surface area contributed by atoms with Gasteiger partial charge in [0.2, 0.25) is 5.91 Å². The quantitative estimate of drug-likeness (QED) is 0.874. The zero-order chi connectivity index (χ0) is 15.7. The van der Waals surface area contributed by atoms with E-state index in [1.54, 1.807) is 24.0 Å². The number of aryl methyl sites for hydroxylation is 1. The summed E-state index contributed by atoms with van der Waals surface area (Å²) in [4.78, 5) is 22.1. The zero-order valence-electron chi connectivity index (χ0n) is 12.7. The number of carbonyl (C=O) groups excluding carboxylic acids is 1. The van der Waals surface area contributed by atoms with Crippen LogP contribution in [0.3, 0.4) is 0 Å². The van der Waals surface area contributed by atoms with E-state index in [0.717, 1.165) is 17.2 Å². The first kappa shape index (κ1) is 14.6. The van der Waals surface area contributed by atoms with Crippen LogP contribution in [0.25, 0.3) is 0 Å². The van der Waals surface area contributed by atoms with Crippen LogP contribution in [0.4, 0.5) is 4.39 Å². The van der Waals surface area contributed by atoms with Gasteiger partial charge in [-0.05, 0) is 24.6 Å². The van der Waals surface area contributed by atoms with Crippen molar-refractivity contribution in [3.8, 4) is 0 Å². The third-order valence-electron chi connectivity index (χ3n) is 3.95. The Morgan fingerprint density at radius 1 is 1.32 bits per heavy atom. The average Bonchev–Trinajstić information content (AvgIpc) is 2.38. The van der Waals surface area contributed by atoms with Crippen molar-refractivity contribution in [3.05, 3.63) is 58.9 Å². The summed E-state index contributed by atoms with van der Waals surface area (Å²) < 4.78 is 13.8. The summed E-state index contributed by atoms with van der Waals surface area (Å²) >= 11 is 0. The van der Waals surface area contributed by atoms with Crippen LogP contribution in [0.5, 0.6) is 0 Å². The molecule has 4 nitrogen and oxygen atoms in total. The molecule has 1 saturated heterocycles. The van der Waals surface area contributed by atoms with Gasteiger partial charge in [-0.25, -0.2) is 14.4 Å². The van der Waals surface area contributed by atoms with Crippen molar-refractivity contribution >= 4 is 5.91 Å². The number of hydrogen-bond acceptors (Lipinski definition) is 3. The smallest absolute Gasteiger partial charge is 0.219 e. The molecule has 0 radical (unpaired) electrons. The Balaban J connectivity index is 1.79. The van der Waals surface area contributed by atoms with Crippen molar-refractivity contribution < 1.29 is 9.18 Å². The lowest BCUT2D eigenvalue weighted by Crippen LogP contribution is -2.48. The minimum Gasteiger partial charge on any atom is -0.341 e. The molecule has 3 rings (SSSR count). The number of nitrogens with zero attached hydrogens (tertiary/aromatic N) is 3. The summed E-state index contributed by atoms with van der Waals surface area (Å²) in [6, 6.07) is 8.62. The molecule has 1 amide bonds. The molecule has 0 aliphatic carbocycles. The van der Waals surface area contributed by atoms with Gasteiger partial charge in [0.25, 0.3) is 0 Å². The molecule has 2 aromatic rings. The molecule has 2 heterocycles. The van der Waals surface area contributed by atoms with Gasteiger partial charge in [-0.1, -0.05) is 18.2 Å². The van der Waals surface area contributed by atoms with Crippen LogP contribution in [-0.4, -0.2) is 33.9 Å². The van der Waals surface area contributed by atoms with E-state index in [4.69, 9.17) is 0 Å². The Hall–Kier alpha value is -2.30. The van der Waals surface area contributed by atoms with E-state index in [0.29, 0.717) is 25.1 Å². The number of likely N-dealkylation sites (tertiary alicyclic amines) is 1. The summed E-state index contributed by atoms with van der Waals surface area (Å²) in [5.41, 5.74) is 2.32. The molecule has 1 aliphatic heterocycles. The van der Waals surface area contributed by atoms with E-state index in [9.17, 15) is 9.18 Å². The summed E-state index contributed by atoms with van der Waals surface area (Å²) in [5, 5.41) is 0. The fourth-order valence-corrected chi connectivity index (χ4v) is 2.67. The molecule has 1 aromatic heterocycles. The Morgan fingerprint density at radius 3 is 2.73 bits per heavy atom. The molecular formula is C17H18FN3O. The van der Waals surface area contributed by atoms with Crippen molar-refractivity contribution in [2.45, 2.75) is 26.2 Å². The average molecular weight is 299 g/mol. The predicted molar refractivity (Wildman–Crippen MR) is 81.0 cm³/mol. The second-order valence-corrected chi connectivity index (χ2v) is 5.75.